The first-order valence-corrected chi connectivity index (χ1v) is 49.4. The number of rotatable bonds is 16. The maximum Gasteiger partial charge on any atom is 0.0726 e. The molecular formula is C138H98N4. The first-order chi connectivity index (χ1) is 70.0. The highest BCUT2D eigenvalue weighted by molar-refractivity contribution is 6.12. The monoisotopic (exact) mass is 1810 g/mol. The zero-order chi connectivity index (χ0) is 94.7. The van der Waals surface area contributed by atoms with Gasteiger partial charge in [0.25, 0.3) is 0 Å². The van der Waals surface area contributed by atoms with Crippen LogP contribution in [0.1, 0.15) is 66.8 Å². The molecule has 1 spiro atoms. The van der Waals surface area contributed by atoms with Gasteiger partial charge in [0.2, 0.25) is 0 Å². The number of aryl methyl sites for hydroxylation is 4. The van der Waals surface area contributed by atoms with Crippen molar-refractivity contribution in [2.45, 2.75) is 38.5 Å². The Balaban J connectivity index is 0.000000145. The van der Waals surface area contributed by atoms with Crippen molar-refractivity contribution in [3.8, 4) is 112 Å². The molecule has 0 atom stereocenters. The molecule has 4 heteroatoms. The van der Waals surface area contributed by atoms with E-state index in [0.29, 0.717) is 0 Å². The van der Waals surface area contributed by atoms with Crippen LogP contribution in [-0.2, 0) is 10.8 Å². The van der Waals surface area contributed by atoms with Gasteiger partial charge < -0.3 is 18.9 Å². The van der Waals surface area contributed by atoms with Crippen LogP contribution in [-0.4, -0.2) is 9.13 Å². The Kier molecular flexibility index (Phi) is 20.6. The van der Waals surface area contributed by atoms with E-state index in [1.807, 2.05) is 0 Å². The Morgan fingerprint density at radius 3 is 0.704 bits per heavy atom. The van der Waals surface area contributed by atoms with E-state index in [1.165, 1.54) is 211 Å². The molecule has 670 valence electrons. The molecule has 3 aliphatic rings. The minimum Gasteiger partial charge on any atom is -0.310 e. The molecule has 22 aromatic carbocycles. The fourth-order valence-corrected chi connectivity index (χ4v) is 23.7. The zero-order valence-electron chi connectivity index (χ0n) is 79.4. The van der Waals surface area contributed by atoms with E-state index in [-0.39, 0.29) is 0 Å². The molecule has 0 amide bonds. The van der Waals surface area contributed by atoms with Gasteiger partial charge in [-0.2, -0.15) is 0 Å². The van der Waals surface area contributed by atoms with E-state index in [9.17, 15) is 0 Å². The van der Waals surface area contributed by atoms with Crippen LogP contribution in [0, 0.1) is 27.7 Å². The lowest BCUT2D eigenvalue weighted by Crippen LogP contribution is -2.28. The summed E-state index contributed by atoms with van der Waals surface area (Å²) in [6.45, 7) is 8.69. The van der Waals surface area contributed by atoms with E-state index in [4.69, 9.17) is 0 Å². The van der Waals surface area contributed by atoms with Crippen LogP contribution in [0.2, 0.25) is 0 Å². The second-order valence-electron chi connectivity index (χ2n) is 38.4. The Morgan fingerprint density at radius 2 is 0.394 bits per heavy atom. The van der Waals surface area contributed by atoms with Gasteiger partial charge in [-0.15, -0.1) is 0 Å². The molecular weight excluding hydrogens is 1710 g/mol. The highest BCUT2D eigenvalue weighted by Gasteiger charge is 2.52. The van der Waals surface area contributed by atoms with Gasteiger partial charge in [-0.1, -0.05) is 411 Å². The lowest BCUT2D eigenvalue weighted by atomic mass is 9.67. The molecule has 0 saturated heterocycles. The predicted octanol–water partition coefficient (Wildman–Crippen LogP) is 36.4. The van der Waals surface area contributed by atoms with E-state index in [0.717, 1.165) is 45.5 Å². The Bertz CT molecular complexity index is 8340. The summed E-state index contributed by atoms with van der Waals surface area (Å²) in [5.74, 6) is 0. The molecule has 0 radical (unpaired) electrons. The van der Waals surface area contributed by atoms with Crippen LogP contribution in [0.4, 0.5) is 34.1 Å². The van der Waals surface area contributed by atoms with E-state index >= 15 is 0 Å². The summed E-state index contributed by atoms with van der Waals surface area (Å²) in [6, 6.07) is 193. The minimum atomic E-state index is -0.516. The molecule has 2 aromatic heterocycles. The number of nitrogens with zero attached hydrogens (tertiary/aromatic N) is 4. The smallest absolute Gasteiger partial charge is 0.0726 e. The van der Waals surface area contributed by atoms with Gasteiger partial charge in [-0.25, -0.2) is 0 Å². The Morgan fingerprint density at radius 1 is 0.162 bits per heavy atom. The van der Waals surface area contributed by atoms with Crippen molar-refractivity contribution in [2.24, 2.45) is 0 Å². The van der Waals surface area contributed by atoms with Crippen molar-refractivity contribution in [1.29, 1.82) is 0 Å². The number of hydrogen-bond donors (Lipinski definition) is 0. The molecule has 0 aliphatic heterocycles. The molecule has 142 heavy (non-hydrogen) atoms. The van der Waals surface area contributed by atoms with Gasteiger partial charge in [0.15, 0.2) is 0 Å². The fourth-order valence-electron chi connectivity index (χ4n) is 23.7. The zero-order valence-corrected chi connectivity index (χ0v) is 79.4. The molecule has 0 bridgehead atoms. The first kappa shape index (κ1) is 84.5. The lowest BCUT2D eigenvalue weighted by molar-refractivity contribution is 0.768. The largest absolute Gasteiger partial charge is 0.310 e. The van der Waals surface area contributed by atoms with Gasteiger partial charge in [0.05, 0.1) is 44.3 Å². The van der Waals surface area contributed by atoms with Crippen LogP contribution in [0.25, 0.3) is 155 Å². The standard InChI is InChI=1S/C69H48N2.C69H50N2/c1-45-24-40-67-60(42-45)61-43-46(2)25-41-68(61)71(67)53-36-32-50(33-37-53)48-28-26-47(27-29-48)49-30-34-52(35-31-49)70(66-23-13-9-16-55(66)51-14-4-3-5-15-51)54-38-39-59-58-19-8-12-22-64(58)69(65(59)44-54)62-20-10-6-17-56(62)57-18-7-11-21-63(57)69;1-47-26-42-67-62(44-47)63-45-48(2)27-43-68(63)71(67)57-38-34-52(35-39-57)50-30-28-49(29-31-50)51-32-36-56(37-33-51)70(66-25-15-13-22-59(66)53-16-6-3-7-17-53)58-40-41-61-60-23-12-14-24-64(60)69(65(61)46-58,54-18-8-4-9-19-54)55-20-10-5-11-21-55/h3-44H,1-2H3;3-46H,1-2H3. The summed E-state index contributed by atoms with van der Waals surface area (Å²) in [6.07, 6.45) is 0. The van der Waals surface area contributed by atoms with Crippen LogP contribution >= 0.6 is 0 Å². The Hall–Kier alpha value is -18.0. The molecule has 0 N–H and O–H groups in total. The molecule has 4 nitrogen and oxygen atoms in total. The number of para-hydroxylation sites is 2. The number of fused-ring (bicyclic) bond motifs is 19. The second kappa shape index (κ2) is 34.6. The fraction of sp³-hybridized carbons (Fsp3) is 0.0435. The quantitative estimate of drug-likeness (QED) is 0.0959. The summed E-state index contributed by atoms with van der Waals surface area (Å²) < 4.78 is 4.79. The van der Waals surface area contributed by atoms with Crippen LogP contribution in [0.3, 0.4) is 0 Å². The van der Waals surface area contributed by atoms with Crippen LogP contribution in [0.15, 0.2) is 522 Å². The summed E-state index contributed by atoms with van der Waals surface area (Å²) >= 11 is 0. The second-order valence-corrected chi connectivity index (χ2v) is 38.4. The van der Waals surface area contributed by atoms with Crippen molar-refractivity contribution in [2.75, 3.05) is 9.80 Å². The minimum absolute atomic E-state index is 0.442. The number of anilines is 6. The summed E-state index contributed by atoms with van der Waals surface area (Å²) in [5, 5.41) is 5.19. The first-order valence-electron chi connectivity index (χ1n) is 49.4. The maximum atomic E-state index is 2.49. The van der Waals surface area contributed by atoms with Crippen LogP contribution in [0.5, 0.6) is 0 Å². The normalized spacial score (nSPS) is 12.6. The van der Waals surface area contributed by atoms with E-state index < -0.39 is 10.8 Å². The third-order valence-electron chi connectivity index (χ3n) is 30.2. The summed E-state index contributed by atoms with van der Waals surface area (Å²) in [4.78, 5) is 4.91. The van der Waals surface area contributed by atoms with Gasteiger partial charge in [0, 0.05) is 66.8 Å². The van der Waals surface area contributed by atoms with Crippen molar-refractivity contribution in [1.82, 2.24) is 9.13 Å². The van der Waals surface area contributed by atoms with Gasteiger partial charge in [-0.05, 0) is 295 Å². The molecule has 0 unspecified atom stereocenters. The van der Waals surface area contributed by atoms with Crippen molar-refractivity contribution >= 4 is 77.7 Å². The predicted molar refractivity (Wildman–Crippen MR) is 596 cm³/mol. The van der Waals surface area contributed by atoms with Crippen molar-refractivity contribution in [3.63, 3.8) is 0 Å². The highest BCUT2D eigenvalue weighted by atomic mass is 15.2. The lowest BCUT2D eigenvalue weighted by Gasteiger charge is -2.35. The molecule has 0 fully saturated rings. The molecule has 3 aliphatic carbocycles. The van der Waals surface area contributed by atoms with Gasteiger partial charge in [-0.3, -0.25) is 0 Å². The maximum absolute atomic E-state index is 2.49. The topological polar surface area (TPSA) is 16.3 Å². The van der Waals surface area contributed by atoms with Crippen LogP contribution < -0.4 is 9.80 Å². The average Bonchev–Trinajstić information content (AvgIpc) is 1.52. The van der Waals surface area contributed by atoms with Gasteiger partial charge in [0.1, 0.15) is 0 Å². The van der Waals surface area contributed by atoms with E-state index in [2.05, 4.69) is 568 Å². The third kappa shape index (κ3) is 13.9. The molecule has 24 aromatic rings. The number of benzene rings is 22. The van der Waals surface area contributed by atoms with Crippen molar-refractivity contribution < 1.29 is 0 Å². The highest BCUT2D eigenvalue weighted by Crippen LogP contribution is 2.65. The summed E-state index contributed by atoms with van der Waals surface area (Å²) in [7, 11) is 0. The average molecular weight is 1810 g/mol. The molecule has 0 saturated carbocycles. The van der Waals surface area contributed by atoms with Crippen molar-refractivity contribution in [3.05, 3.63) is 588 Å². The van der Waals surface area contributed by atoms with E-state index in [1.54, 1.807) is 0 Å². The molecule has 27 rings (SSSR count). The Labute approximate surface area is 829 Å². The number of hydrogen-bond acceptors (Lipinski definition) is 2. The number of aromatic nitrogens is 2. The molecule has 2 heterocycles. The summed E-state index contributed by atoms with van der Waals surface area (Å²) in [5.41, 5.74) is 50.4. The van der Waals surface area contributed by atoms with Gasteiger partial charge >= 0.3 is 0 Å². The third-order valence-corrected chi connectivity index (χ3v) is 30.2. The SMILES string of the molecule is Cc1ccc2c(c1)c1cc(C)ccc1n2-c1ccc(-c2ccc(-c3ccc(N(c4ccc5c(c4)C(c4ccccc4)(c4ccccc4)c4ccccc4-5)c4ccccc4-c4ccccc4)cc3)cc2)cc1.Cc1ccc2c(c1)c1cc(C)ccc1n2-c1ccc(-c2ccc(-c3ccc(N(c4ccc5c(c4)C4(c6ccccc6-c6ccccc64)c4ccccc4-5)c4ccccc4-c4ccccc4)cc3)cc2)cc1.